The number of aliphatic carboxylic acids is 1. The highest BCUT2D eigenvalue weighted by Crippen LogP contribution is 2.12. The Labute approximate surface area is 128 Å². The lowest BCUT2D eigenvalue weighted by atomic mass is 10.1. The molecule has 0 radical (unpaired) electrons. The van der Waals surface area contributed by atoms with Crippen LogP contribution in [0.25, 0.3) is 0 Å². The average molecular weight is 304 g/mol. The van der Waals surface area contributed by atoms with Crippen molar-refractivity contribution < 1.29 is 24.5 Å². The van der Waals surface area contributed by atoms with Crippen molar-refractivity contribution in [3.8, 4) is 0 Å². The van der Waals surface area contributed by atoms with Crippen LogP contribution in [0.4, 0.5) is 0 Å². The summed E-state index contributed by atoms with van der Waals surface area (Å²) in [4.78, 5) is 11.1. The maximum absolute atomic E-state index is 11.1. The Balaban J connectivity index is 3.50. The van der Waals surface area contributed by atoms with Gasteiger partial charge in [0.2, 0.25) is 0 Å². The molecule has 1 unspecified atom stereocenters. The van der Waals surface area contributed by atoms with Crippen molar-refractivity contribution in [3.63, 3.8) is 0 Å². The molecule has 0 aliphatic carbocycles. The normalized spacial score (nSPS) is 12.5. The number of hydrogen-bond acceptors (Lipinski definition) is 4. The molecular formula is C16H32O5. The molecule has 126 valence electrons. The van der Waals surface area contributed by atoms with Gasteiger partial charge < -0.3 is 19.7 Å². The van der Waals surface area contributed by atoms with E-state index in [1.807, 2.05) is 0 Å². The van der Waals surface area contributed by atoms with Crippen LogP contribution in [0.1, 0.15) is 64.7 Å². The lowest BCUT2D eigenvalue weighted by Crippen LogP contribution is -2.25. The molecule has 0 amide bonds. The van der Waals surface area contributed by atoms with Gasteiger partial charge in [0.05, 0.1) is 26.4 Å². The SMILES string of the molecule is CCCCCCCCCCC(OCCOCCO)C(=O)O. The highest BCUT2D eigenvalue weighted by Gasteiger charge is 2.17. The van der Waals surface area contributed by atoms with Gasteiger partial charge in [0.1, 0.15) is 0 Å². The number of rotatable bonds is 16. The van der Waals surface area contributed by atoms with E-state index in [1.54, 1.807) is 0 Å². The van der Waals surface area contributed by atoms with E-state index in [2.05, 4.69) is 6.92 Å². The third kappa shape index (κ3) is 14.1. The molecule has 0 heterocycles. The van der Waals surface area contributed by atoms with Crippen molar-refractivity contribution in [2.75, 3.05) is 26.4 Å². The lowest BCUT2D eigenvalue weighted by molar-refractivity contribution is -0.152. The number of carboxylic acids is 1. The second-order valence-electron chi connectivity index (χ2n) is 5.30. The van der Waals surface area contributed by atoms with Crippen LogP contribution in [0, 0.1) is 0 Å². The second-order valence-corrected chi connectivity index (χ2v) is 5.30. The fraction of sp³-hybridized carbons (Fsp3) is 0.938. The first kappa shape index (κ1) is 20.3. The summed E-state index contributed by atoms with van der Waals surface area (Å²) in [5.74, 6) is -0.903. The first-order valence-corrected chi connectivity index (χ1v) is 8.25. The monoisotopic (exact) mass is 304 g/mol. The molecule has 2 N–H and O–H groups in total. The predicted molar refractivity (Wildman–Crippen MR) is 82.5 cm³/mol. The van der Waals surface area contributed by atoms with Gasteiger partial charge in [-0.15, -0.1) is 0 Å². The van der Waals surface area contributed by atoms with E-state index >= 15 is 0 Å². The summed E-state index contributed by atoms with van der Waals surface area (Å²) in [7, 11) is 0. The quantitative estimate of drug-likeness (QED) is 0.429. The highest BCUT2D eigenvalue weighted by atomic mass is 16.5. The Morgan fingerprint density at radius 1 is 0.952 bits per heavy atom. The molecular weight excluding hydrogens is 272 g/mol. The van der Waals surface area contributed by atoms with Gasteiger partial charge in [-0.05, 0) is 6.42 Å². The van der Waals surface area contributed by atoms with E-state index in [1.165, 1.54) is 38.5 Å². The van der Waals surface area contributed by atoms with Crippen LogP contribution in [0.5, 0.6) is 0 Å². The summed E-state index contributed by atoms with van der Waals surface area (Å²) >= 11 is 0. The third-order valence-corrected chi connectivity index (χ3v) is 3.38. The van der Waals surface area contributed by atoms with Gasteiger partial charge in [0, 0.05) is 0 Å². The van der Waals surface area contributed by atoms with Crippen LogP contribution in [0.3, 0.4) is 0 Å². The van der Waals surface area contributed by atoms with Crippen molar-refractivity contribution in [2.24, 2.45) is 0 Å². The predicted octanol–water partition coefficient (Wildman–Crippen LogP) is 3.00. The summed E-state index contributed by atoms with van der Waals surface area (Å²) in [5, 5.41) is 17.6. The number of unbranched alkanes of at least 4 members (excludes halogenated alkanes) is 7. The first-order valence-electron chi connectivity index (χ1n) is 8.25. The highest BCUT2D eigenvalue weighted by molar-refractivity contribution is 5.72. The maximum Gasteiger partial charge on any atom is 0.332 e. The van der Waals surface area contributed by atoms with Crippen molar-refractivity contribution >= 4 is 5.97 Å². The zero-order valence-electron chi connectivity index (χ0n) is 13.4. The maximum atomic E-state index is 11.1. The number of aliphatic hydroxyl groups is 1. The molecule has 1 atom stereocenters. The molecule has 21 heavy (non-hydrogen) atoms. The molecule has 0 saturated carbocycles. The number of carbonyl (C=O) groups is 1. The Kier molecular flexibility index (Phi) is 15.2. The van der Waals surface area contributed by atoms with Crippen LogP contribution in [0.15, 0.2) is 0 Å². The van der Waals surface area contributed by atoms with E-state index < -0.39 is 12.1 Å². The minimum Gasteiger partial charge on any atom is -0.479 e. The molecule has 0 aromatic carbocycles. The number of ether oxygens (including phenoxy) is 2. The van der Waals surface area contributed by atoms with Crippen LogP contribution in [-0.4, -0.2) is 48.7 Å². The molecule has 0 saturated heterocycles. The molecule has 0 aromatic heterocycles. The fourth-order valence-corrected chi connectivity index (χ4v) is 2.16. The van der Waals surface area contributed by atoms with Crippen LogP contribution in [0.2, 0.25) is 0 Å². The Bertz CT molecular complexity index is 233. The number of carboxylic acid groups (broad SMARTS) is 1. The Hall–Kier alpha value is -0.650. The molecule has 0 bridgehead atoms. The summed E-state index contributed by atoms with van der Waals surface area (Å²) < 4.78 is 10.3. The average Bonchev–Trinajstić information content (AvgIpc) is 2.47. The first-order chi connectivity index (χ1) is 10.2. The summed E-state index contributed by atoms with van der Waals surface area (Å²) in [6, 6.07) is 0. The summed E-state index contributed by atoms with van der Waals surface area (Å²) in [5.41, 5.74) is 0. The molecule has 5 nitrogen and oxygen atoms in total. The fourth-order valence-electron chi connectivity index (χ4n) is 2.16. The molecule has 0 aliphatic rings. The Morgan fingerprint density at radius 3 is 2.14 bits per heavy atom. The van der Waals surface area contributed by atoms with E-state index in [9.17, 15) is 4.79 Å². The zero-order valence-corrected chi connectivity index (χ0v) is 13.4. The lowest BCUT2D eigenvalue weighted by Gasteiger charge is -2.13. The van der Waals surface area contributed by atoms with E-state index in [-0.39, 0.29) is 19.8 Å². The summed E-state index contributed by atoms with van der Waals surface area (Å²) in [6.07, 6.45) is 9.38. The topological polar surface area (TPSA) is 76.0 Å². The largest absolute Gasteiger partial charge is 0.479 e. The van der Waals surface area contributed by atoms with Gasteiger partial charge in [-0.2, -0.15) is 0 Å². The van der Waals surface area contributed by atoms with Crippen molar-refractivity contribution in [1.82, 2.24) is 0 Å². The van der Waals surface area contributed by atoms with Crippen LogP contribution < -0.4 is 0 Å². The third-order valence-electron chi connectivity index (χ3n) is 3.38. The van der Waals surface area contributed by atoms with Gasteiger partial charge in [-0.3, -0.25) is 0 Å². The molecule has 5 heteroatoms. The van der Waals surface area contributed by atoms with Gasteiger partial charge >= 0.3 is 5.97 Å². The number of aliphatic hydroxyl groups excluding tert-OH is 1. The minimum absolute atomic E-state index is 0.0272. The van der Waals surface area contributed by atoms with Crippen LogP contribution in [-0.2, 0) is 14.3 Å². The molecule has 0 aromatic rings. The number of hydrogen-bond donors (Lipinski definition) is 2. The van der Waals surface area contributed by atoms with Gasteiger partial charge in [0.15, 0.2) is 6.10 Å². The van der Waals surface area contributed by atoms with E-state index in [0.717, 1.165) is 12.8 Å². The van der Waals surface area contributed by atoms with Crippen LogP contribution >= 0.6 is 0 Å². The van der Waals surface area contributed by atoms with Crippen molar-refractivity contribution in [3.05, 3.63) is 0 Å². The van der Waals surface area contributed by atoms with Crippen molar-refractivity contribution in [1.29, 1.82) is 0 Å². The molecule has 0 spiro atoms. The standard InChI is InChI=1S/C16H32O5/c1-2-3-4-5-6-7-8-9-10-15(16(18)19)21-14-13-20-12-11-17/h15,17H,2-14H2,1H3,(H,18,19). The van der Waals surface area contributed by atoms with Gasteiger partial charge in [-0.1, -0.05) is 58.3 Å². The van der Waals surface area contributed by atoms with E-state index in [4.69, 9.17) is 19.7 Å². The second kappa shape index (κ2) is 15.7. The van der Waals surface area contributed by atoms with E-state index in [0.29, 0.717) is 13.0 Å². The van der Waals surface area contributed by atoms with Crippen molar-refractivity contribution in [2.45, 2.75) is 70.8 Å². The molecule has 0 fully saturated rings. The summed E-state index contributed by atoms with van der Waals surface area (Å²) in [6.45, 7) is 3.02. The Morgan fingerprint density at radius 2 is 1.57 bits per heavy atom. The molecule has 0 rings (SSSR count). The van der Waals surface area contributed by atoms with Gasteiger partial charge in [0.25, 0.3) is 0 Å². The smallest absolute Gasteiger partial charge is 0.332 e. The minimum atomic E-state index is -0.903. The zero-order chi connectivity index (χ0) is 15.8. The van der Waals surface area contributed by atoms with Gasteiger partial charge in [-0.25, -0.2) is 4.79 Å². The molecule has 0 aliphatic heterocycles.